The maximum atomic E-state index is 12.2. The van der Waals surface area contributed by atoms with Crippen LogP contribution in [0.25, 0.3) is 28.4 Å². The molecule has 0 aliphatic rings. The van der Waals surface area contributed by atoms with Gasteiger partial charge in [-0.1, -0.05) is 57.9 Å². The second-order valence-corrected chi connectivity index (χ2v) is 10.5. The number of carboxylic acids is 1. The average Bonchev–Trinajstić information content (AvgIpc) is 3.44. The van der Waals surface area contributed by atoms with E-state index in [1.165, 1.54) is 0 Å². The van der Waals surface area contributed by atoms with Gasteiger partial charge in [-0.25, -0.2) is 9.78 Å². The molecule has 180 valence electrons. The Kier molecular flexibility index (Phi) is 7.00. The number of carboxylic acid groups (broad SMARTS) is 1. The van der Waals surface area contributed by atoms with Crippen molar-refractivity contribution < 1.29 is 9.90 Å². The summed E-state index contributed by atoms with van der Waals surface area (Å²) < 4.78 is 3.23. The van der Waals surface area contributed by atoms with E-state index in [0.717, 1.165) is 49.5 Å². The maximum absolute atomic E-state index is 12.2. The van der Waals surface area contributed by atoms with Gasteiger partial charge in [-0.3, -0.25) is 5.10 Å². The van der Waals surface area contributed by atoms with Crippen LogP contribution in [-0.4, -0.2) is 30.8 Å². The van der Waals surface area contributed by atoms with E-state index in [1.54, 1.807) is 18.2 Å². The molecule has 0 spiro atoms. The lowest BCUT2D eigenvalue weighted by atomic mass is 10.1. The summed E-state index contributed by atoms with van der Waals surface area (Å²) in [5, 5.41) is 19.0. The van der Waals surface area contributed by atoms with Crippen molar-refractivity contribution in [3.8, 4) is 11.4 Å². The number of nitrogens with zero attached hydrogens (tertiary/aromatic N) is 3. The number of rotatable bonds is 7. The third-order valence-electron chi connectivity index (χ3n) is 5.80. The lowest BCUT2D eigenvalue weighted by Crippen LogP contribution is -2.02. The Hall–Kier alpha value is -3.33. The van der Waals surface area contributed by atoms with Crippen molar-refractivity contribution in [1.29, 1.82) is 0 Å². The van der Waals surface area contributed by atoms with Gasteiger partial charge in [-0.05, 0) is 72.8 Å². The smallest absolute Gasteiger partial charge is 0.342 e. The van der Waals surface area contributed by atoms with E-state index in [4.69, 9.17) is 11.6 Å². The van der Waals surface area contributed by atoms with E-state index in [1.807, 2.05) is 49.4 Å². The molecule has 2 aromatic heterocycles. The van der Waals surface area contributed by atoms with Crippen LogP contribution < -0.4 is 0 Å². The monoisotopic (exact) mass is 578 g/mol. The number of nitrogens with one attached hydrogen (secondary N) is 1. The summed E-state index contributed by atoms with van der Waals surface area (Å²) in [5.41, 5.74) is 4.85. The standard InChI is InChI=1S/C27H20BrClN4O2S/c1-16-22(21-4-2-3-5-23(21)33(16)15-17-6-10-19(28)11-7-17)14-24(26(34)35)36-27-30-25(31-32-27)18-8-12-20(29)13-9-18/h2-14H,15H2,1H3,(H,34,35)(H,30,31,32)/b24-14-. The fourth-order valence-electron chi connectivity index (χ4n) is 4.01. The zero-order valence-corrected chi connectivity index (χ0v) is 22.2. The predicted octanol–water partition coefficient (Wildman–Crippen LogP) is 7.42. The van der Waals surface area contributed by atoms with Crippen LogP contribution in [0, 0.1) is 6.92 Å². The second-order valence-electron chi connectivity index (χ2n) is 8.12. The van der Waals surface area contributed by atoms with Crippen LogP contribution in [0.5, 0.6) is 0 Å². The van der Waals surface area contributed by atoms with Crippen molar-refractivity contribution in [2.45, 2.75) is 18.6 Å². The first-order chi connectivity index (χ1) is 17.4. The highest BCUT2D eigenvalue weighted by Gasteiger charge is 2.18. The van der Waals surface area contributed by atoms with Crippen molar-refractivity contribution in [3.05, 3.63) is 104 Å². The Bertz CT molecular complexity index is 1590. The zero-order chi connectivity index (χ0) is 25.2. The molecule has 0 unspecified atom stereocenters. The summed E-state index contributed by atoms with van der Waals surface area (Å²) in [7, 11) is 0. The van der Waals surface area contributed by atoms with E-state index in [9.17, 15) is 9.90 Å². The van der Waals surface area contributed by atoms with Crippen LogP contribution in [0.4, 0.5) is 0 Å². The van der Waals surface area contributed by atoms with Gasteiger partial charge in [0.15, 0.2) is 5.82 Å². The number of hydrogen-bond donors (Lipinski definition) is 2. The van der Waals surface area contributed by atoms with E-state index >= 15 is 0 Å². The number of aromatic amines is 1. The zero-order valence-electron chi connectivity index (χ0n) is 19.1. The van der Waals surface area contributed by atoms with Gasteiger partial charge >= 0.3 is 5.97 Å². The Morgan fingerprint density at radius 1 is 1.11 bits per heavy atom. The van der Waals surface area contributed by atoms with Crippen molar-refractivity contribution in [2.75, 3.05) is 0 Å². The maximum Gasteiger partial charge on any atom is 0.342 e. The molecule has 0 bridgehead atoms. The molecule has 0 aliphatic heterocycles. The average molecular weight is 580 g/mol. The topological polar surface area (TPSA) is 83.8 Å². The SMILES string of the molecule is Cc1c(/C=C(\Sc2n[nH]c(-c3ccc(Cl)cc3)n2)C(=O)O)c2ccccc2n1Cc1ccc(Br)cc1. The molecular weight excluding hydrogens is 560 g/mol. The fraction of sp³-hybridized carbons (Fsp3) is 0.0741. The number of carbonyl (C=O) groups is 1. The highest BCUT2D eigenvalue weighted by Crippen LogP contribution is 2.33. The van der Waals surface area contributed by atoms with Crippen LogP contribution in [0.15, 0.2) is 87.3 Å². The molecule has 5 aromatic rings. The van der Waals surface area contributed by atoms with E-state index in [2.05, 4.69) is 53.9 Å². The van der Waals surface area contributed by atoms with E-state index < -0.39 is 5.97 Å². The van der Waals surface area contributed by atoms with Crippen LogP contribution in [0.2, 0.25) is 5.02 Å². The molecule has 2 heterocycles. The molecule has 0 amide bonds. The third kappa shape index (κ3) is 5.11. The summed E-state index contributed by atoms with van der Waals surface area (Å²) in [6, 6.07) is 23.4. The van der Waals surface area contributed by atoms with Gasteiger partial charge in [0.2, 0.25) is 5.16 Å². The van der Waals surface area contributed by atoms with Crippen LogP contribution >= 0.6 is 39.3 Å². The number of H-pyrrole nitrogens is 1. The highest BCUT2D eigenvalue weighted by molar-refractivity contribution is 9.10. The summed E-state index contributed by atoms with van der Waals surface area (Å²) in [6.07, 6.45) is 1.71. The van der Waals surface area contributed by atoms with Gasteiger partial charge in [0, 0.05) is 43.8 Å². The van der Waals surface area contributed by atoms with Crippen molar-refractivity contribution >= 4 is 62.2 Å². The fourth-order valence-corrected chi connectivity index (χ4v) is 5.09. The van der Waals surface area contributed by atoms with Gasteiger partial charge in [0.05, 0.1) is 0 Å². The number of aromatic nitrogens is 4. The molecule has 2 N–H and O–H groups in total. The molecule has 0 aliphatic carbocycles. The number of hydrogen-bond acceptors (Lipinski definition) is 4. The summed E-state index contributed by atoms with van der Waals surface area (Å²) in [6.45, 7) is 2.69. The number of aliphatic carboxylic acids is 1. The lowest BCUT2D eigenvalue weighted by molar-refractivity contribution is -0.131. The van der Waals surface area contributed by atoms with Crippen LogP contribution in [-0.2, 0) is 11.3 Å². The van der Waals surface area contributed by atoms with E-state index in [0.29, 0.717) is 22.5 Å². The number of halogens is 2. The van der Waals surface area contributed by atoms with Crippen molar-refractivity contribution in [3.63, 3.8) is 0 Å². The molecule has 5 rings (SSSR count). The minimum atomic E-state index is -1.04. The number of benzene rings is 3. The Labute approximate surface area is 225 Å². The lowest BCUT2D eigenvalue weighted by Gasteiger charge is -2.09. The third-order valence-corrected chi connectivity index (χ3v) is 7.46. The minimum Gasteiger partial charge on any atom is -0.477 e. The van der Waals surface area contributed by atoms with Gasteiger partial charge < -0.3 is 9.67 Å². The molecule has 0 saturated carbocycles. The summed E-state index contributed by atoms with van der Waals surface area (Å²) >= 11 is 10.5. The number of para-hydroxylation sites is 1. The Morgan fingerprint density at radius 3 is 2.56 bits per heavy atom. The number of fused-ring (bicyclic) bond motifs is 1. The molecule has 3 aromatic carbocycles. The first-order valence-electron chi connectivity index (χ1n) is 11.0. The quantitative estimate of drug-likeness (QED) is 0.155. The number of thioether (sulfide) groups is 1. The minimum absolute atomic E-state index is 0.131. The molecule has 6 nitrogen and oxygen atoms in total. The van der Waals surface area contributed by atoms with Crippen molar-refractivity contribution in [2.24, 2.45) is 0 Å². The Morgan fingerprint density at radius 2 is 1.83 bits per heavy atom. The molecule has 9 heteroatoms. The van der Waals surface area contributed by atoms with Gasteiger partial charge in [0.1, 0.15) is 4.91 Å². The summed E-state index contributed by atoms with van der Waals surface area (Å²) in [4.78, 5) is 16.8. The van der Waals surface area contributed by atoms with Gasteiger partial charge in [-0.15, -0.1) is 5.10 Å². The largest absolute Gasteiger partial charge is 0.477 e. The van der Waals surface area contributed by atoms with Crippen molar-refractivity contribution in [1.82, 2.24) is 19.7 Å². The molecule has 36 heavy (non-hydrogen) atoms. The van der Waals surface area contributed by atoms with Gasteiger partial charge in [-0.2, -0.15) is 0 Å². The first-order valence-corrected chi connectivity index (χ1v) is 13.0. The second kappa shape index (κ2) is 10.3. The molecular formula is C27H20BrClN4O2S. The van der Waals surface area contributed by atoms with Gasteiger partial charge in [0.25, 0.3) is 0 Å². The predicted molar refractivity (Wildman–Crippen MR) is 148 cm³/mol. The molecule has 0 atom stereocenters. The first kappa shape index (κ1) is 24.4. The normalized spacial score (nSPS) is 11.8. The highest BCUT2D eigenvalue weighted by atomic mass is 79.9. The summed E-state index contributed by atoms with van der Waals surface area (Å²) in [5.74, 6) is -0.497. The Balaban J connectivity index is 1.50. The molecule has 0 saturated heterocycles. The molecule has 0 fully saturated rings. The van der Waals surface area contributed by atoms with Crippen LogP contribution in [0.3, 0.4) is 0 Å². The van der Waals surface area contributed by atoms with E-state index in [-0.39, 0.29) is 4.91 Å². The molecule has 0 radical (unpaired) electrons. The van der Waals surface area contributed by atoms with Crippen LogP contribution in [0.1, 0.15) is 16.8 Å².